The van der Waals surface area contributed by atoms with Gasteiger partial charge in [-0.15, -0.1) is 0 Å². The first-order valence-electron chi connectivity index (χ1n) is 7.42. The SMILES string of the molecule is CC(C)n1ncc2c1NC(=O)CC2c1cc(C(F)(F)F)ccc1F. The van der Waals surface area contributed by atoms with E-state index in [4.69, 9.17) is 0 Å². The van der Waals surface area contributed by atoms with E-state index >= 15 is 0 Å². The maximum Gasteiger partial charge on any atom is 0.416 e. The number of carbonyl (C=O) groups is 1. The van der Waals surface area contributed by atoms with Gasteiger partial charge in [-0.05, 0) is 37.6 Å². The number of nitrogens with zero attached hydrogens (tertiary/aromatic N) is 2. The van der Waals surface area contributed by atoms with Crippen LogP contribution in [0.5, 0.6) is 0 Å². The maximum absolute atomic E-state index is 14.2. The van der Waals surface area contributed by atoms with E-state index in [-0.39, 0.29) is 23.9 Å². The van der Waals surface area contributed by atoms with Crippen molar-refractivity contribution >= 4 is 11.7 Å². The molecule has 2 aromatic rings. The van der Waals surface area contributed by atoms with Crippen LogP contribution in [-0.2, 0) is 11.0 Å². The molecule has 1 aromatic heterocycles. The second-order valence-electron chi connectivity index (χ2n) is 6.03. The fraction of sp³-hybridized carbons (Fsp3) is 0.375. The lowest BCUT2D eigenvalue weighted by Gasteiger charge is -2.25. The number of benzene rings is 1. The molecule has 1 atom stereocenters. The summed E-state index contributed by atoms with van der Waals surface area (Å²) in [6, 6.07) is 2.20. The predicted octanol–water partition coefficient (Wildman–Crippen LogP) is 4.10. The van der Waals surface area contributed by atoms with Crippen molar-refractivity contribution in [3.05, 3.63) is 46.9 Å². The highest BCUT2D eigenvalue weighted by molar-refractivity contribution is 5.94. The molecule has 1 aliphatic rings. The molecule has 0 aliphatic carbocycles. The normalized spacial score (nSPS) is 17.8. The number of fused-ring (bicyclic) bond motifs is 1. The van der Waals surface area contributed by atoms with Crippen LogP contribution in [0.2, 0.25) is 0 Å². The second-order valence-corrected chi connectivity index (χ2v) is 6.03. The Labute approximate surface area is 135 Å². The summed E-state index contributed by atoms with van der Waals surface area (Å²) in [6.45, 7) is 3.71. The van der Waals surface area contributed by atoms with Gasteiger partial charge in [0.25, 0.3) is 0 Å². The van der Waals surface area contributed by atoms with E-state index in [0.29, 0.717) is 17.4 Å². The minimum absolute atomic E-state index is 0.0563. The largest absolute Gasteiger partial charge is 0.416 e. The second kappa shape index (κ2) is 5.61. The van der Waals surface area contributed by atoms with Crippen molar-refractivity contribution in [1.82, 2.24) is 9.78 Å². The number of aromatic nitrogens is 2. The maximum atomic E-state index is 14.2. The van der Waals surface area contributed by atoms with Gasteiger partial charge in [0.2, 0.25) is 5.91 Å². The van der Waals surface area contributed by atoms with E-state index in [2.05, 4.69) is 10.4 Å². The predicted molar refractivity (Wildman–Crippen MR) is 79.1 cm³/mol. The van der Waals surface area contributed by atoms with Crippen LogP contribution in [0, 0.1) is 5.82 Å². The minimum atomic E-state index is -4.58. The number of alkyl halides is 3. The van der Waals surface area contributed by atoms with Crippen LogP contribution in [0.25, 0.3) is 0 Å². The van der Waals surface area contributed by atoms with E-state index in [1.807, 2.05) is 13.8 Å². The number of carbonyl (C=O) groups excluding carboxylic acids is 1. The third-order valence-electron chi connectivity index (χ3n) is 4.03. The number of halogens is 4. The van der Waals surface area contributed by atoms with Crippen molar-refractivity contribution in [2.24, 2.45) is 0 Å². The molecule has 3 rings (SSSR count). The van der Waals surface area contributed by atoms with Crippen molar-refractivity contribution in [1.29, 1.82) is 0 Å². The Morgan fingerprint density at radius 1 is 1.29 bits per heavy atom. The fourth-order valence-electron chi connectivity index (χ4n) is 2.89. The topological polar surface area (TPSA) is 46.9 Å². The minimum Gasteiger partial charge on any atom is -0.311 e. The first kappa shape index (κ1) is 16.5. The summed E-state index contributed by atoms with van der Waals surface area (Å²) in [7, 11) is 0. The van der Waals surface area contributed by atoms with E-state index in [1.54, 1.807) is 4.68 Å². The molecule has 0 fully saturated rings. The summed E-state index contributed by atoms with van der Waals surface area (Å²) < 4.78 is 54.6. The van der Waals surface area contributed by atoms with Gasteiger partial charge in [0.05, 0.1) is 11.8 Å². The molecule has 0 saturated heterocycles. The molecule has 24 heavy (non-hydrogen) atoms. The molecule has 128 valence electrons. The third kappa shape index (κ3) is 2.76. The number of anilines is 1. The number of hydrogen-bond acceptors (Lipinski definition) is 2. The first-order valence-corrected chi connectivity index (χ1v) is 7.42. The Bertz CT molecular complexity index is 795. The Morgan fingerprint density at radius 3 is 2.62 bits per heavy atom. The van der Waals surface area contributed by atoms with E-state index in [1.165, 1.54) is 6.20 Å². The Kier molecular flexibility index (Phi) is 3.85. The molecule has 1 aromatic carbocycles. The van der Waals surface area contributed by atoms with Gasteiger partial charge in [0, 0.05) is 23.9 Å². The van der Waals surface area contributed by atoms with Crippen LogP contribution in [-0.4, -0.2) is 15.7 Å². The monoisotopic (exact) mass is 341 g/mol. The summed E-state index contributed by atoms with van der Waals surface area (Å²) in [5.41, 5.74) is -0.576. The summed E-state index contributed by atoms with van der Waals surface area (Å²) >= 11 is 0. The van der Waals surface area contributed by atoms with Crippen molar-refractivity contribution in [2.75, 3.05) is 5.32 Å². The van der Waals surface area contributed by atoms with Crippen LogP contribution < -0.4 is 5.32 Å². The lowest BCUT2D eigenvalue weighted by molar-refractivity contribution is -0.137. The van der Waals surface area contributed by atoms with Crippen molar-refractivity contribution in [3.8, 4) is 0 Å². The third-order valence-corrected chi connectivity index (χ3v) is 4.03. The summed E-state index contributed by atoms with van der Waals surface area (Å²) in [6.07, 6.45) is -3.24. The van der Waals surface area contributed by atoms with Gasteiger partial charge in [-0.3, -0.25) is 4.79 Å². The lowest BCUT2D eigenvalue weighted by Crippen LogP contribution is -2.26. The fourth-order valence-corrected chi connectivity index (χ4v) is 2.89. The van der Waals surface area contributed by atoms with Crippen LogP contribution in [0.3, 0.4) is 0 Å². The molecule has 2 heterocycles. The molecule has 4 nitrogen and oxygen atoms in total. The van der Waals surface area contributed by atoms with Gasteiger partial charge in [-0.2, -0.15) is 18.3 Å². The van der Waals surface area contributed by atoms with Gasteiger partial charge in [-0.1, -0.05) is 0 Å². The average Bonchev–Trinajstić information content (AvgIpc) is 2.89. The molecule has 0 radical (unpaired) electrons. The molecule has 0 saturated carbocycles. The molecule has 1 aliphatic heterocycles. The van der Waals surface area contributed by atoms with Gasteiger partial charge < -0.3 is 5.32 Å². The highest BCUT2D eigenvalue weighted by Gasteiger charge is 2.35. The van der Waals surface area contributed by atoms with Crippen molar-refractivity contribution < 1.29 is 22.4 Å². The Morgan fingerprint density at radius 2 is 2.00 bits per heavy atom. The first-order chi connectivity index (χ1) is 11.2. The molecule has 1 N–H and O–H groups in total. The van der Waals surface area contributed by atoms with Crippen LogP contribution in [0.15, 0.2) is 24.4 Å². The molecule has 1 amide bonds. The van der Waals surface area contributed by atoms with E-state index in [9.17, 15) is 22.4 Å². The summed E-state index contributed by atoms with van der Waals surface area (Å²) in [5.74, 6) is -1.55. The molecule has 1 unspecified atom stereocenters. The van der Waals surface area contributed by atoms with Crippen LogP contribution in [0.4, 0.5) is 23.4 Å². The number of amides is 1. The zero-order chi connectivity index (χ0) is 17.6. The average molecular weight is 341 g/mol. The zero-order valence-electron chi connectivity index (χ0n) is 13.0. The van der Waals surface area contributed by atoms with Gasteiger partial charge >= 0.3 is 6.18 Å². The molecule has 8 heteroatoms. The van der Waals surface area contributed by atoms with Crippen molar-refractivity contribution in [3.63, 3.8) is 0 Å². The molecule has 0 bridgehead atoms. The van der Waals surface area contributed by atoms with Gasteiger partial charge in [0.15, 0.2) is 0 Å². The van der Waals surface area contributed by atoms with E-state index < -0.39 is 23.5 Å². The smallest absolute Gasteiger partial charge is 0.311 e. The number of rotatable bonds is 2. The van der Waals surface area contributed by atoms with E-state index in [0.717, 1.165) is 12.1 Å². The van der Waals surface area contributed by atoms with Gasteiger partial charge in [0.1, 0.15) is 11.6 Å². The standard InChI is InChI=1S/C16H15F4N3O/c1-8(2)23-15-12(7-21-23)10(6-14(24)22-15)11-5-9(16(18,19)20)3-4-13(11)17/h3-5,7-8,10H,6H2,1-2H3,(H,22,24). The lowest BCUT2D eigenvalue weighted by atomic mass is 9.86. The summed E-state index contributed by atoms with van der Waals surface area (Å²) in [5, 5.41) is 6.84. The van der Waals surface area contributed by atoms with Crippen LogP contribution in [0.1, 0.15) is 48.9 Å². The molecule has 0 spiro atoms. The zero-order valence-corrected chi connectivity index (χ0v) is 13.0. The molecular formula is C16H15F4N3O. The Hall–Kier alpha value is -2.38. The van der Waals surface area contributed by atoms with Crippen LogP contribution >= 0.6 is 0 Å². The quantitative estimate of drug-likeness (QED) is 0.836. The highest BCUT2D eigenvalue weighted by atomic mass is 19.4. The van der Waals surface area contributed by atoms with Gasteiger partial charge in [-0.25, -0.2) is 9.07 Å². The van der Waals surface area contributed by atoms with Crippen molar-refractivity contribution in [2.45, 2.75) is 38.4 Å². The summed E-state index contributed by atoms with van der Waals surface area (Å²) in [4.78, 5) is 12.0. The number of hydrogen-bond donors (Lipinski definition) is 1. The molecular weight excluding hydrogens is 326 g/mol. The highest BCUT2D eigenvalue weighted by Crippen LogP contribution is 2.40. The Balaban J connectivity index is 2.13. The number of nitrogens with one attached hydrogen (secondary N) is 1.